The van der Waals surface area contributed by atoms with Crippen molar-refractivity contribution in [3.63, 3.8) is 0 Å². The zero-order chi connectivity index (χ0) is 15.5. The molecule has 2 aromatic carbocycles. The Balaban J connectivity index is 2.08. The first-order valence-corrected chi connectivity index (χ1v) is 8.79. The molecule has 0 bridgehead atoms. The van der Waals surface area contributed by atoms with E-state index in [4.69, 9.17) is 5.14 Å². The molecule has 3 N–H and O–H groups in total. The minimum atomic E-state index is -3.55. The van der Waals surface area contributed by atoms with E-state index in [-0.39, 0.29) is 11.7 Å². The van der Waals surface area contributed by atoms with Crippen LogP contribution in [0.5, 0.6) is 0 Å². The lowest BCUT2D eigenvalue weighted by Crippen LogP contribution is -2.15. The Morgan fingerprint density at radius 1 is 1.14 bits per heavy atom. The largest absolute Gasteiger partial charge is 0.322 e. The summed E-state index contributed by atoms with van der Waals surface area (Å²) in [6, 6.07) is 13.8. The monoisotopic (exact) mass is 416 g/mol. The molecule has 21 heavy (non-hydrogen) atoms. The molecule has 0 saturated carbocycles. The van der Waals surface area contributed by atoms with Crippen LogP contribution >= 0.6 is 22.6 Å². The van der Waals surface area contributed by atoms with Crippen LogP contribution in [0.25, 0.3) is 0 Å². The first-order chi connectivity index (χ1) is 9.83. The smallest absolute Gasteiger partial charge is 0.255 e. The van der Waals surface area contributed by atoms with E-state index in [1.54, 1.807) is 36.4 Å². The predicted octanol–water partition coefficient (Wildman–Crippen LogP) is 2.33. The SMILES string of the molecule is NS(=O)(=O)Cc1ccc(NC(=O)c2cccc(I)c2)cc1. The second-order valence-corrected chi connectivity index (χ2v) is 7.33. The van der Waals surface area contributed by atoms with Crippen LogP contribution in [0.3, 0.4) is 0 Å². The highest BCUT2D eigenvalue weighted by Gasteiger charge is 2.08. The molecule has 0 aliphatic rings. The fraction of sp³-hybridized carbons (Fsp3) is 0.0714. The summed E-state index contributed by atoms with van der Waals surface area (Å²) in [5.41, 5.74) is 1.73. The van der Waals surface area contributed by atoms with Crippen molar-refractivity contribution in [3.05, 3.63) is 63.2 Å². The number of carbonyl (C=O) groups is 1. The molecule has 2 rings (SSSR count). The average molecular weight is 416 g/mol. The van der Waals surface area contributed by atoms with Crippen LogP contribution < -0.4 is 10.5 Å². The number of rotatable bonds is 4. The molecule has 2 aromatic rings. The molecule has 110 valence electrons. The normalized spacial score (nSPS) is 11.1. The van der Waals surface area contributed by atoms with Crippen molar-refractivity contribution >= 4 is 44.2 Å². The molecular weight excluding hydrogens is 403 g/mol. The van der Waals surface area contributed by atoms with Crippen LogP contribution in [0.4, 0.5) is 5.69 Å². The number of amides is 1. The summed E-state index contributed by atoms with van der Waals surface area (Å²) in [6.45, 7) is 0. The molecule has 1 amide bonds. The number of halogens is 1. The number of nitrogens with one attached hydrogen (secondary N) is 1. The van der Waals surface area contributed by atoms with E-state index >= 15 is 0 Å². The molecule has 7 heteroatoms. The molecule has 0 aliphatic heterocycles. The van der Waals surface area contributed by atoms with Crippen molar-refractivity contribution in [2.45, 2.75) is 5.75 Å². The molecule has 0 aliphatic carbocycles. The standard InChI is InChI=1S/C14H13IN2O3S/c15-12-3-1-2-11(8-12)14(18)17-13-6-4-10(5-7-13)9-21(16,19)20/h1-8H,9H2,(H,17,18)(H2,16,19,20). The van der Waals surface area contributed by atoms with E-state index in [0.717, 1.165) is 3.57 Å². The zero-order valence-electron chi connectivity index (χ0n) is 10.9. The van der Waals surface area contributed by atoms with Crippen molar-refractivity contribution < 1.29 is 13.2 Å². The number of carbonyl (C=O) groups excluding carboxylic acids is 1. The van der Waals surface area contributed by atoms with Gasteiger partial charge in [-0.05, 0) is 58.5 Å². The van der Waals surface area contributed by atoms with E-state index < -0.39 is 10.0 Å². The van der Waals surface area contributed by atoms with E-state index in [0.29, 0.717) is 16.8 Å². The first kappa shape index (κ1) is 15.9. The van der Waals surface area contributed by atoms with Gasteiger partial charge in [-0.1, -0.05) is 18.2 Å². The second kappa shape index (κ2) is 6.54. The molecule has 0 spiro atoms. The molecular formula is C14H13IN2O3S. The molecule has 0 radical (unpaired) electrons. The Bertz CT molecular complexity index is 758. The predicted molar refractivity (Wildman–Crippen MR) is 90.4 cm³/mol. The summed E-state index contributed by atoms with van der Waals surface area (Å²) in [7, 11) is -3.55. The molecule has 0 heterocycles. The van der Waals surface area contributed by atoms with Gasteiger partial charge in [-0.2, -0.15) is 0 Å². The van der Waals surface area contributed by atoms with Gasteiger partial charge in [-0.3, -0.25) is 4.79 Å². The average Bonchev–Trinajstić information content (AvgIpc) is 2.39. The van der Waals surface area contributed by atoms with Crippen molar-refractivity contribution in [2.24, 2.45) is 5.14 Å². The van der Waals surface area contributed by atoms with Crippen LogP contribution in [-0.2, 0) is 15.8 Å². The molecule has 0 fully saturated rings. The van der Waals surface area contributed by atoms with Gasteiger partial charge in [0.15, 0.2) is 0 Å². The fourth-order valence-electron chi connectivity index (χ4n) is 1.75. The maximum absolute atomic E-state index is 12.0. The van der Waals surface area contributed by atoms with Gasteiger partial charge in [0.25, 0.3) is 5.91 Å². The summed E-state index contributed by atoms with van der Waals surface area (Å²) in [5.74, 6) is -0.439. The summed E-state index contributed by atoms with van der Waals surface area (Å²) in [6.07, 6.45) is 0. The number of nitrogens with two attached hydrogens (primary N) is 1. The third-order valence-corrected chi connectivity index (χ3v) is 4.07. The lowest BCUT2D eigenvalue weighted by molar-refractivity contribution is 0.102. The van der Waals surface area contributed by atoms with Crippen LogP contribution in [0.15, 0.2) is 48.5 Å². The van der Waals surface area contributed by atoms with Gasteiger partial charge in [0.1, 0.15) is 0 Å². The summed E-state index contributed by atoms with van der Waals surface area (Å²) < 4.78 is 23.0. The van der Waals surface area contributed by atoms with E-state index in [1.807, 2.05) is 12.1 Å². The Kier molecular flexibility index (Phi) is 4.96. The Morgan fingerprint density at radius 3 is 2.38 bits per heavy atom. The molecule has 0 saturated heterocycles. The maximum atomic E-state index is 12.0. The van der Waals surface area contributed by atoms with Gasteiger partial charge in [-0.15, -0.1) is 0 Å². The summed E-state index contributed by atoms with van der Waals surface area (Å²) >= 11 is 2.14. The highest BCUT2D eigenvalue weighted by Crippen LogP contribution is 2.14. The highest BCUT2D eigenvalue weighted by atomic mass is 127. The van der Waals surface area contributed by atoms with Gasteiger partial charge < -0.3 is 5.32 Å². The molecule has 0 unspecified atom stereocenters. The van der Waals surface area contributed by atoms with Gasteiger partial charge in [-0.25, -0.2) is 13.6 Å². The molecule has 5 nitrogen and oxygen atoms in total. The van der Waals surface area contributed by atoms with E-state index in [1.165, 1.54) is 0 Å². The Hall–Kier alpha value is -1.45. The fourth-order valence-corrected chi connectivity index (χ4v) is 2.95. The second-order valence-electron chi connectivity index (χ2n) is 4.47. The van der Waals surface area contributed by atoms with Crippen LogP contribution in [0.2, 0.25) is 0 Å². The van der Waals surface area contributed by atoms with Crippen LogP contribution in [0, 0.1) is 3.57 Å². The van der Waals surface area contributed by atoms with Gasteiger partial charge in [0.2, 0.25) is 10.0 Å². The Labute approximate surface area is 136 Å². The Morgan fingerprint density at radius 2 is 1.81 bits per heavy atom. The topological polar surface area (TPSA) is 89.3 Å². The first-order valence-electron chi connectivity index (χ1n) is 6.00. The molecule has 0 atom stereocenters. The summed E-state index contributed by atoms with van der Waals surface area (Å²) in [4.78, 5) is 12.0. The number of primary sulfonamides is 1. The number of hydrogen-bond donors (Lipinski definition) is 2. The summed E-state index contributed by atoms with van der Waals surface area (Å²) in [5, 5.41) is 7.73. The third kappa shape index (κ3) is 5.10. The lowest BCUT2D eigenvalue weighted by atomic mass is 10.2. The number of sulfonamides is 1. The quantitative estimate of drug-likeness (QED) is 0.750. The zero-order valence-corrected chi connectivity index (χ0v) is 13.9. The number of hydrogen-bond acceptors (Lipinski definition) is 3. The van der Waals surface area contributed by atoms with Crippen molar-refractivity contribution in [1.82, 2.24) is 0 Å². The van der Waals surface area contributed by atoms with E-state index in [2.05, 4.69) is 27.9 Å². The minimum Gasteiger partial charge on any atom is -0.322 e. The minimum absolute atomic E-state index is 0.215. The highest BCUT2D eigenvalue weighted by molar-refractivity contribution is 14.1. The maximum Gasteiger partial charge on any atom is 0.255 e. The van der Waals surface area contributed by atoms with Gasteiger partial charge in [0.05, 0.1) is 5.75 Å². The van der Waals surface area contributed by atoms with Crippen molar-refractivity contribution in [3.8, 4) is 0 Å². The lowest BCUT2D eigenvalue weighted by Gasteiger charge is -2.06. The molecule has 0 aromatic heterocycles. The van der Waals surface area contributed by atoms with Crippen molar-refractivity contribution in [1.29, 1.82) is 0 Å². The van der Waals surface area contributed by atoms with Crippen LogP contribution in [-0.4, -0.2) is 14.3 Å². The van der Waals surface area contributed by atoms with Gasteiger partial charge in [0, 0.05) is 14.8 Å². The third-order valence-electron chi connectivity index (χ3n) is 2.67. The number of benzene rings is 2. The van der Waals surface area contributed by atoms with Crippen molar-refractivity contribution in [2.75, 3.05) is 5.32 Å². The van der Waals surface area contributed by atoms with E-state index in [9.17, 15) is 13.2 Å². The van der Waals surface area contributed by atoms with Crippen LogP contribution in [0.1, 0.15) is 15.9 Å². The number of anilines is 1. The van der Waals surface area contributed by atoms with Gasteiger partial charge >= 0.3 is 0 Å².